The molecule has 3 aromatic carbocycles. The van der Waals surface area contributed by atoms with E-state index in [0.717, 1.165) is 22.3 Å². The molecule has 1 aliphatic carbocycles. The van der Waals surface area contributed by atoms with E-state index in [9.17, 15) is 19.5 Å². The largest absolute Gasteiger partial charge is 0.491 e. The van der Waals surface area contributed by atoms with Crippen molar-refractivity contribution >= 4 is 29.3 Å². The van der Waals surface area contributed by atoms with Gasteiger partial charge in [0, 0.05) is 5.02 Å². The molecule has 0 heterocycles. The zero-order valence-corrected chi connectivity index (χ0v) is 17.0. The maximum Gasteiger partial charge on any atom is 0.329 e. The molecule has 2 N–H and O–H groups in total. The van der Waals surface area contributed by atoms with Crippen LogP contribution in [0.5, 0.6) is 5.75 Å². The van der Waals surface area contributed by atoms with Crippen molar-refractivity contribution in [3.8, 4) is 16.9 Å². The first kappa shape index (κ1) is 20.6. The van der Waals surface area contributed by atoms with E-state index in [4.69, 9.17) is 16.3 Å². The molecule has 1 amide bonds. The summed E-state index contributed by atoms with van der Waals surface area (Å²) in [5.41, 5.74) is 3.24. The lowest BCUT2D eigenvalue weighted by Crippen LogP contribution is -2.48. The number of ketones is 1. The smallest absolute Gasteiger partial charge is 0.329 e. The highest BCUT2D eigenvalue weighted by Crippen LogP contribution is 2.44. The van der Waals surface area contributed by atoms with Gasteiger partial charge in [0.25, 0.3) is 5.91 Å². The number of carboxylic acid groups (broad SMARTS) is 1. The predicted octanol–water partition coefficient (Wildman–Crippen LogP) is 3.67. The Balaban J connectivity index is 1.52. The monoisotopic (exact) mass is 435 g/mol. The third-order valence-electron chi connectivity index (χ3n) is 5.14. The molecule has 0 aromatic heterocycles. The molecule has 0 aliphatic heterocycles. The van der Waals surface area contributed by atoms with E-state index in [-0.39, 0.29) is 6.61 Å². The highest BCUT2D eigenvalue weighted by molar-refractivity contribution is 6.40. The number of hydrogen-bond acceptors (Lipinski definition) is 4. The summed E-state index contributed by atoms with van der Waals surface area (Å²) < 4.78 is 5.44. The quantitative estimate of drug-likeness (QED) is 0.552. The SMILES string of the molecule is O=C(N[C@@H](COc1cccc(Cl)c1)C(=O)O)C(=O)C1c2ccccc2-c2ccccc21. The molecule has 1 aliphatic rings. The van der Waals surface area contributed by atoms with Crippen LogP contribution in [0.3, 0.4) is 0 Å². The topological polar surface area (TPSA) is 92.7 Å². The first-order valence-corrected chi connectivity index (χ1v) is 9.97. The molecule has 6 nitrogen and oxygen atoms in total. The van der Waals surface area contributed by atoms with Crippen molar-refractivity contribution < 1.29 is 24.2 Å². The van der Waals surface area contributed by atoms with Crippen LogP contribution >= 0.6 is 11.6 Å². The maximum absolute atomic E-state index is 13.1. The van der Waals surface area contributed by atoms with Gasteiger partial charge in [0.05, 0.1) is 5.92 Å². The lowest BCUT2D eigenvalue weighted by molar-refractivity contribution is -0.145. The Morgan fingerprint density at radius 2 is 1.55 bits per heavy atom. The van der Waals surface area contributed by atoms with Gasteiger partial charge in [-0.05, 0) is 40.5 Å². The Labute approximate surface area is 183 Å². The van der Waals surface area contributed by atoms with Crippen molar-refractivity contribution in [1.29, 1.82) is 0 Å². The number of carbonyl (C=O) groups is 3. The number of carbonyl (C=O) groups excluding carboxylic acids is 2. The molecule has 0 fully saturated rings. The number of aliphatic carboxylic acids is 1. The van der Waals surface area contributed by atoms with Crippen LogP contribution in [0.15, 0.2) is 72.8 Å². The Bertz CT molecular complexity index is 1130. The molecule has 0 spiro atoms. The number of nitrogens with one attached hydrogen (secondary N) is 1. The lowest BCUT2D eigenvalue weighted by atomic mass is 9.92. The second kappa shape index (κ2) is 8.62. The summed E-state index contributed by atoms with van der Waals surface area (Å²) in [6, 6.07) is 19.8. The number of carboxylic acids is 1. The van der Waals surface area contributed by atoms with Gasteiger partial charge in [-0.3, -0.25) is 9.59 Å². The van der Waals surface area contributed by atoms with Crippen LogP contribution in [0.25, 0.3) is 11.1 Å². The Morgan fingerprint density at radius 1 is 0.935 bits per heavy atom. The maximum atomic E-state index is 13.1. The minimum Gasteiger partial charge on any atom is -0.491 e. The van der Waals surface area contributed by atoms with Gasteiger partial charge in [-0.1, -0.05) is 66.2 Å². The minimum absolute atomic E-state index is 0.355. The third kappa shape index (κ3) is 4.15. The standard InChI is InChI=1S/C24H18ClNO5/c25-14-6-5-7-15(12-14)31-13-20(24(29)30)26-23(28)22(27)21-18-10-3-1-8-16(18)17-9-2-4-11-19(17)21/h1-12,20-21H,13H2,(H,26,28)(H,29,30)/t20-/m0/s1. The highest BCUT2D eigenvalue weighted by atomic mass is 35.5. The lowest BCUT2D eigenvalue weighted by Gasteiger charge is -2.17. The molecule has 0 unspecified atom stereocenters. The van der Waals surface area contributed by atoms with E-state index in [1.54, 1.807) is 18.2 Å². The van der Waals surface area contributed by atoms with E-state index < -0.39 is 29.6 Å². The van der Waals surface area contributed by atoms with E-state index in [0.29, 0.717) is 10.8 Å². The van der Waals surface area contributed by atoms with Crippen LogP contribution in [0, 0.1) is 0 Å². The zero-order chi connectivity index (χ0) is 22.0. The number of rotatable bonds is 7. The van der Waals surface area contributed by atoms with Crippen molar-refractivity contribution in [2.75, 3.05) is 6.61 Å². The molecule has 0 radical (unpaired) electrons. The van der Waals surface area contributed by atoms with Crippen molar-refractivity contribution in [2.45, 2.75) is 12.0 Å². The van der Waals surface area contributed by atoms with Crippen LogP contribution < -0.4 is 10.1 Å². The number of benzene rings is 3. The third-order valence-corrected chi connectivity index (χ3v) is 5.37. The number of halogens is 1. The molecular weight excluding hydrogens is 418 g/mol. The second-order valence-electron chi connectivity index (χ2n) is 7.10. The van der Waals surface area contributed by atoms with Crippen molar-refractivity contribution in [2.24, 2.45) is 0 Å². The summed E-state index contributed by atoms with van der Waals surface area (Å²) in [5.74, 6) is -3.42. The first-order valence-electron chi connectivity index (χ1n) is 9.60. The molecule has 4 rings (SSSR count). The summed E-state index contributed by atoms with van der Waals surface area (Å²) in [4.78, 5) is 37.4. The summed E-state index contributed by atoms with van der Waals surface area (Å²) in [6.45, 7) is -0.355. The van der Waals surface area contributed by atoms with E-state index in [1.807, 2.05) is 48.5 Å². The first-order chi connectivity index (χ1) is 15.0. The van der Waals surface area contributed by atoms with Gasteiger partial charge in [0.2, 0.25) is 5.78 Å². The summed E-state index contributed by atoms with van der Waals surface area (Å²) in [5, 5.41) is 12.2. The summed E-state index contributed by atoms with van der Waals surface area (Å²) >= 11 is 5.89. The fourth-order valence-corrected chi connectivity index (χ4v) is 3.89. The van der Waals surface area contributed by atoms with Crippen LogP contribution in [0.2, 0.25) is 5.02 Å². The van der Waals surface area contributed by atoms with Crippen molar-refractivity contribution in [3.05, 3.63) is 88.9 Å². The van der Waals surface area contributed by atoms with E-state index >= 15 is 0 Å². The van der Waals surface area contributed by atoms with Crippen LogP contribution in [-0.2, 0) is 14.4 Å². The van der Waals surface area contributed by atoms with Crippen LogP contribution in [0.1, 0.15) is 17.0 Å². The van der Waals surface area contributed by atoms with Gasteiger partial charge in [-0.2, -0.15) is 0 Å². The average molecular weight is 436 g/mol. The number of amides is 1. The molecule has 1 atom stereocenters. The molecule has 3 aromatic rings. The number of Topliss-reactive ketones (excluding diaryl/α,β-unsaturated/α-hetero) is 1. The predicted molar refractivity (Wildman–Crippen MR) is 115 cm³/mol. The van der Waals surface area contributed by atoms with Crippen LogP contribution in [0.4, 0.5) is 0 Å². The number of ether oxygens (including phenoxy) is 1. The fourth-order valence-electron chi connectivity index (χ4n) is 3.71. The van der Waals surface area contributed by atoms with Crippen molar-refractivity contribution in [1.82, 2.24) is 5.32 Å². The van der Waals surface area contributed by atoms with Gasteiger partial charge in [-0.25, -0.2) is 4.79 Å². The Hall–Kier alpha value is -3.64. The average Bonchev–Trinajstić information content (AvgIpc) is 3.10. The zero-order valence-electron chi connectivity index (χ0n) is 16.2. The fraction of sp³-hybridized carbons (Fsp3) is 0.125. The molecule has 0 saturated carbocycles. The normalized spacial score (nSPS) is 13.1. The van der Waals surface area contributed by atoms with Gasteiger partial charge in [0.15, 0.2) is 6.04 Å². The van der Waals surface area contributed by atoms with Gasteiger partial charge in [0.1, 0.15) is 12.4 Å². The van der Waals surface area contributed by atoms with Crippen molar-refractivity contribution in [3.63, 3.8) is 0 Å². The molecule has 31 heavy (non-hydrogen) atoms. The molecule has 156 valence electrons. The summed E-state index contributed by atoms with van der Waals surface area (Å²) in [6.07, 6.45) is 0. The van der Waals surface area contributed by atoms with Gasteiger partial charge >= 0.3 is 5.97 Å². The minimum atomic E-state index is -1.40. The number of fused-ring (bicyclic) bond motifs is 3. The van der Waals surface area contributed by atoms with Gasteiger partial charge in [-0.15, -0.1) is 0 Å². The summed E-state index contributed by atoms with van der Waals surface area (Å²) in [7, 11) is 0. The Morgan fingerprint density at radius 3 is 2.13 bits per heavy atom. The number of hydrogen-bond donors (Lipinski definition) is 2. The molecule has 0 bridgehead atoms. The second-order valence-corrected chi connectivity index (χ2v) is 7.54. The molecule has 0 saturated heterocycles. The van der Waals surface area contributed by atoms with Crippen LogP contribution in [-0.4, -0.2) is 35.4 Å². The molecular formula is C24H18ClNO5. The van der Waals surface area contributed by atoms with E-state index in [1.165, 1.54) is 6.07 Å². The van der Waals surface area contributed by atoms with Gasteiger partial charge < -0.3 is 15.2 Å². The Kier molecular flexibility index (Phi) is 5.73. The molecule has 7 heteroatoms. The highest BCUT2D eigenvalue weighted by Gasteiger charge is 2.37. The van der Waals surface area contributed by atoms with E-state index in [2.05, 4.69) is 5.32 Å².